The summed E-state index contributed by atoms with van der Waals surface area (Å²) in [5.41, 5.74) is 0.317. The molecular weight excluding hydrogens is 380 g/mol. The van der Waals surface area contributed by atoms with Crippen LogP contribution in [-0.4, -0.2) is 50.8 Å². The molecule has 0 bridgehead atoms. The molecule has 4 rings (SSSR count). The number of piperidine rings is 1. The monoisotopic (exact) mass is 400 g/mol. The lowest BCUT2D eigenvalue weighted by atomic mass is 10.1. The van der Waals surface area contributed by atoms with Crippen LogP contribution in [-0.2, 0) is 10.0 Å². The quantitative estimate of drug-likeness (QED) is 0.717. The van der Waals surface area contributed by atoms with E-state index in [-0.39, 0.29) is 16.9 Å². The van der Waals surface area contributed by atoms with Gasteiger partial charge in [0.2, 0.25) is 10.0 Å². The summed E-state index contributed by atoms with van der Waals surface area (Å²) in [7, 11) is -3.56. The highest BCUT2D eigenvalue weighted by Crippen LogP contribution is 2.25. The molecule has 9 nitrogen and oxygen atoms in total. The molecule has 1 fully saturated rings. The predicted molar refractivity (Wildman–Crippen MR) is 102 cm³/mol. The van der Waals surface area contributed by atoms with E-state index in [9.17, 15) is 13.2 Å². The Balaban J connectivity index is 1.51. The Bertz CT molecular complexity index is 1080. The average Bonchev–Trinajstić information content (AvgIpc) is 3.10. The van der Waals surface area contributed by atoms with E-state index in [1.807, 2.05) is 6.92 Å². The number of amides is 1. The third kappa shape index (κ3) is 3.48. The molecule has 0 radical (unpaired) electrons. The van der Waals surface area contributed by atoms with Gasteiger partial charge in [-0.2, -0.15) is 9.29 Å². The van der Waals surface area contributed by atoms with Gasteiger partial charge in [-0.25, -0.2) is 17.9 Å². The molecule has 3 heterocycles. The number of nitrogens with one attached hydrogen (secondary N) is 1. The second-order valence-electron chi connectivity index (χ2n) is 6.74. The molecule has 0 aliphatic carbocycles. The van der Waals surface area contributed by atoms with E-state index >= 15 is 0 Å². The number of benzene rings is 1. The summed E-state index contributed by atoms with van der Waals surface area (Å²) in [6.07, 6.45) is 6.02. The topological polar surface area (TPSA) is 110 Å². The summed E-state index contributed by atoms with van der Waals surface area (Å²) in [5, 5.41) is 6.71. The highest BCUT2D eigenvalue weighted by molar-refractivity contribution is 7.89. The van der Waals surface area contributed by atoms with Gasteiger partial charge in [-0.15, -0.1) is 5.10 Å². The van der Waals surface area contributed by atoms with Gasteiger partial charge in [-0.3, -0.25) is 10.1 Å². The van der Waals surface area contributed by atoms with Crippen LogP contribution in [0, 0.1) is 0 Å². The van der Waals surface area contributed by atoms with Crippen LogP contribution in [0.4, 0.5) is 5.95 Å². The smallest absolute Gasteiger partial charge is 0.258 e. The predicted octanol–water partition coefficient (Wildman–Crippen LogP) is 1.94. The molecule has 0 saturated carbocycles. The van der Waals surface area contributed by atoms with Crippen LogP contribution in [0.1, 0.15) is 36.5 Å². The number of fused-ring (bicyclic) bond motifs is 1. The first-order valence-corrected chi connectivity index (χ1v) is 10.5. The van der Waals surface area contributed by atoms with Crippen LogP contribution in [0.25, 0.3) is 5.78 Å². The van der Waals surface area contributed by atoms with Crippen LogP contribution in [0.15, 0.2) is 47.6 Å². The fourth-order valence-electron chi connectivity index (χ4n) is 3.30. The molecule has 28 heavy (non-hydrogen) atoms. The van der Waals surface area contributed by atoms with E-state index in [2.05, 4.69) is 20.4 Å². The van der Waals surface area contributed by atoms with Crippen molar-refractivity contribution in [3.8, 4) is 0 Å². The van der Waals surface area contributed by atoms with Gasteiger partial charge >= 0.3 is 0 Å². The third-order valence-electron chi connectivity index (χ3n) is 4.81. The normalized spacial score (nSPS) is 18.2. The maximum Gasteiger partial charge on any atom is 0.258 e. The second-order valence-corrected chi connectivity index (χ2v) is 8.63. The van der Waals surface area contributed by atoms with Crippen LogP contribution in [0.3, 0.4) is 0 Å². The number of carbonyl (C=O) groups is 1. The summed E-state index contributed by atoms with van der Waals surface area (Å²) in [6.45, 7) is 2.45. The van der Waals surface area contributed by atoms with Gasteiger partial charge in [0.15, 0.2) is 0 Å². The van der Waals surface area contributed by atoms with E-state index < -0.39 is 15.9 Å². The third-order valence-corrected chi connectivity index (χ3v) is 6.83. The van der Waals surface area contributed by atoms with Gasteiger partial charge in [0.1, 0.15) is 0 Å². The van der Waals surface area contributed by atoms with Gasteiger partial charge in [-0.05, 0) is 50.1 Å². The average molecular weight is 400 g/mol. The molecule has 0 unspecified atom stereocenters. The second kappa shape index (κ2) is 7.28. The largest absolute Gasteiger partial charge is 0.289 e. The van der Waals surface area contributed by atoms with Gasteiger partial charge in [0.25, 0.3) is 17.6 Å². The lowest BCUT2D eigenvalue weighted by Gasteiger charge is -2.32. The minimum absolute atomic E-state index is 0.0172. The Morgan fingerprint density at radius 3 is 2.71 bits per heavy atom. The van der Waals surface area contributed by atoms with Crippen LogP contribution >= 0.6 is 0 Å². The number of rotatable bonds is 4. The van der Waals surface area contributed by atoms with Gasteiger partial charge in [-0.1, -0.05) is 6.42 Å². The molecule has 2 aromatic heterocycles. The first-order valence-electron chi connectivity index (χ1n) is 9.06. The first kappa shape index (κ1) is 18.5. The molecule has 146 valence electrons. The standard InChI is InChI=1S/C18H20N6O3S/c1-13-5-2-3-12-24(13)28(26,27)15-8-6-14(7-9-15)16(25)20-17-21-18-19-10-4-11-23(18)22-17/h4,6-11,13H,2-3,5,12H2,1H3,(H,20,22,25)/t13-/m0/s1. The minimum Gasteiger partial charge on any atom is -0.289 e. The van der Waals surface area contributed by atoms with Gasteiger partial charge in [0.05, 0.1) is 4.90 Å². The van der Waals surface area contributed by atoms with E-state index in [0.29, 0.717) is 17.9 Å². The highest BCUT2D eigenvalue weighted by atomic mass is 32.2. The lowest BCUT2D eigenvalue weighted by Crippen LogP contribution is -2.41. The van der Waals surface area contributed by atoms with Crippen molar-refractivity contribution in [2.75, 3.05) is 11.9 Å². The molecule has 0 spiro atoms. The van der Waals surface area contributed by atoms with Crippen molar-refractivity contribution >= 4 is 27.7 Å². The van der Waals surface area contributed by atoms with Gasteiger partial charge in [0, 0.05) is 30.5 Å². The Morgan fingerprint density at radius 1 is 1.21 bits per heavy atom. The molecule has 1 N–H and O–H groups in total. The summed E-state index contributed by atoms with van der Waals surface area (Å²) >= 11 is 0. The molecule has 1 saturated heterocycles. The number of aromatic nitrogens is 4. The number of nitrogens with zero attached hydrogens (tertiary/aromatic N) is 5. The summed E-state index contributed by atoms with van der Waals surface area (Å²) in [6, 6.07) is 7.59. The van der Waals surface area contributed by atoms with Crippen LogP contribution in [0.2, 0.25) is 0 Å². The van der Waals surface area contributed by atoms with Crippen molar-refractivity contribution < 1.29 is 13.2 Å². The van der Waals surface area contributed by atoms with Crippen molar-refractivity contribution in [2.45, 2.75) is 37.1 Å². The maximum atomic E-state index is 12.9. The lowest BCUT2D eigenvalue weighted by molar-refractivity contribution is 0.102. The Labute approximate surface area is 162 Å². The van der Waals surface area contributed by atoms with Crippen molar-refractivity contribution in [3.63, 3.8) is 0 Å². The Morgan fingerprint density at radius 2 is 2.00 bits per heavy atom. The zero-order valence-corrected chi connectivity index (χ0v) is 16.1. The summed E-state index contributed by atoms with van der Waals surface area (Å²) in [5.74, 6) is 0.0728. The number of hydrogen-bond donors (Lipinski definition) is 1. The molecule has 1 aliphatic heterocycles. The maximum absolute atomic E-state index is 12.9. The van der Waals surface area contributed by atoms with Crippen molar-refractivity contribution in [3.05, 3.63) is 48.3 Å². The summed E-state index contributed by atoms with van der Waals surface area (Å²) < 4.78 is 28.7. The molecule has 3 aromatic rings. The van der Waals surface area contributed by atoms with E-state index in [1.165, 1.54) is 28.8 Å². The number of anilines is 1. The molecule has 1 amide bonds. The first-order chi connectivity index (χ1) is 13.4. The number of carbonyl (C=O) groups excluding carboxylic acids is 1. The number of hydrogen-bond acceptors (Lipinski definition) is 6. The van der Waals surface area contributed by atoms with Crippen molar-refractivity contribution in [1.29, 1.82) is 0 Å². The molecule has 1 atom stereocenters. The Hall–Kier alpha value is -2.85. The fourth-order valence-corrected chi connectivity index (χ4v) is 5.00. The Kier molecular flexibility index (Phi) is 4.82. The summed E-state index contributed by atoms with van der Waals surface area (Å²) in [4.78, 5) is 20.8. The molecule has 10 heteroatoms. The zero-order valence-electron chi connectivity index (χ0n) is 15.3. The van der Waals surface area contributed by atoms with E-state index in [1.54, 1.807) is 22.8 Å². The highest BCUT2D eigenvalue weighted by Gasteiger charge is 2.30. The molecular formula is C18H20N6O3S. The van der Waals surface area contributed by atoms with E-state index in [4.69, 9.17) is 0 Å². The van der Waals surface area contributed by atoms with Crippen molar-refractivity contribution in [2.24, 2.45) is 0 Å². The zero-order chi connectivity index (χ0) is 19.7. The minimum atomic E-state index is -3.56. The van der Waals surface area contributed by atoms with Crippen molar-refractivity contribution in [1.82, 2.24) is 23.9 Å². The number of sulfonamides is 1. The molecule has 1 aromatic carbocycles. The fraction of sp³-hybridized carbons (Fsp3) is 0.333. The van der Waals surface area contributed by atoms with Crippen LogP contribution in [0.5, 0.6) is 0 Å². The van der Waals surface area contributed by atoms with E-state index in [0.717, 1.165) is 19.3 Å². The SMILES string of the molecule is C[C@H]1CCCCN1S(=O)(=O)c1ccc(C(=O)Nc2nc3ncccn3n2)cc1. The van der Waals surface area contributed by atoms with Crippen LogP contribution < -0.4 is 5.32 Å². The van der Waals surface area contributed by atoms with Gasteiger partial charge < -0.3 is 0 Å². The molecule has 1 aliphatic rings.